The van der Waals surface area contributed by atoms with Gasteiger partial charge < -0.3 is 9.47 Å². The van der Waals surface area contributed by atoms with Crippen LogP contribution in [0.25, 0.3) is 21.5 Å². The number of carbonyl (C=O) groups is 2. The van der Waals surface area contributed by atoms with Crippen molar-refractivity contribution in [2.75, 3.05) is 0 Å². The smallest absolute Gasteiger partial charge is 0.311 e. The predicted octanol–water partition coefficient (Wildman–Crippen LogP) is 9.61. The largest absolute Gasteiger partial charge is 0.425 e. The lowest BCUT2D eigenvalue weighted by Gasteiger charge is -2.17. The molecule has 0 saturated heterocycles. The molecule has 37 heavy (non-hydrogen) atoms. The molecule has 0 aliphatic heterocycles. The van der Waals surface area contributed by atoms with E-state index >= 15 is 0 Å². The number of unbranched alkanes of at least 4 members (excludes halogenated alkanes) is 10. The second kappa shape index (κ2) is 15.4. The summed E-state index contributed by atoms with van der Waals surface area (Å²) in [6.45, 7) is 6.42. The van der Waals surface area contributed by atoms with Crippen LogP contribution in [-0.2, 0) is 9.59 Å². The van der Waals surface area contributed by atoms with Crippen molar-refractivity contribution in [1.82, 2.24) is 0 Å². The van der Waals surface area contributed by atoms with Crippen molar-refractivity contribution in [2.24, 2.45) is 0 Å². The number of esters is 2. The average molecular weight is 505 g/mol. The summed E-state index contributed by atoms with van der Waals surface area (Å²) in [6, 6.07) is 13.7. The molecule has 0 atom stereocenters. The summed E-state index contributed by atoms with van der Waals surface area (Å²) in [7, 11) is 0. The van der Waals surface area contributed by atoms with Crippen molar-refractivity contribution in [1.29, 1.82) is 0 Å². The van der Waals surface area contributed by atoms with Gasteiger partial charge in [0, 0.05) is 34.4 Å². The van der Waals surface area contributed by atoms with Gasteiger partial charge in [0.2, 0.25) is 0 Å². The zero-order valence-electron chi connectivity index (χ0n) is 23.1. The Balaban J connectivity index is 1.80. The fourth-order valence-electron chi connectivity index (χ4n) is 4.86. The lowest BCUT2D eigenvalue weighted by Crippen LogP contribution is -2.11. The van der Waals surface area contributed by atoms with Gasteiger partial charge in [0.15, 0.2) is 0 Å². The van der Waals surface area contributed by atoms with Gasteiger partial charge in [-0.1, -0.05) is 120 Å². The van der Waals surface area contributed by atoms with E-state index < -0.39 is 0 Å². The topological polar surface area (TPSA) is 52.6 Å². The molecule has 0 aliphatic rings. The Bertz CT molecular complexity index is 1160. The highest BCUT2D eigenvalue weighted by atomic mass is 16.5. The molecule has 4 nitrogen and oxygen atoms in total. The first-order valence-electron chi connectivity index (χ1n) is 14.4. The summed E-state index contributed by atoms with van der Waals surface area (Å²) in [5.74, 6) is 0.685. The molecule has 0 aliphatic carbocycles. The van der Waals surface area contributed by atoms with Gasteiger partial charge >= 0.3 is 11.9 Å². The van der Waals surface area contributed by atoms with Crippen LogP contribution in [0.4, 0.5) is 0 Å². The Morgan fingerprint density at radius 2 is 1.00 bits per heavy atom. The Morgan fingerprint density at radius 3 is 1.51 bits per heavy atom. The summed E-state index contributed by atoms with van der Waals surface area (Å²) >= 11 is 0. The van der Waals surface area contributed by atoms with Crippen LogP contribution in [0.3, 0.4) is 0 Å². The number of hydrogen-bond donors (Lipinski definition) is 0. The van der Waals surface area contributed by atoms with Gasteiger partial charge in [0.05, 0.1) is 0 Å². The Kier molecular flexibility index (Phi) is 11.9. The maximum atomic E-state index is 12.8. The van der Waals surface area contributed by atoms with E-state index in [4.69, 9.17) is 9.47 Å². The maximum absolute atomic E-state index is 12.8. The zero-order chi connectivity index (χ0) is 26.5. The monoisotopic (exact) mass is 504 g/mol. The molecule has 3 aromatic rings. The van der Waals surface area contributed by atoms with E-state index in [0.29, 0.717) is 24.3 Å². The van der Waals surface area contributed by atoms with Gasteiger partial charge in [-0.15, -0.1) is 0 Å². The van der Waals surface area contributed by atoms with Crippen LogP contribution in [0.15, 0.2) is 42.5 Å². The summed E-state index contributed by atoms with van der Waals surface area (Å²) in [4.78, 5) is 25.7. The molecule has 4 heteroatoms. The van der Waals surface area contributed by atoms with Gasteiger partial charge in [-0.3, -0.25) is 9.59 Å². The van der Waals surface area contributed by atoms with Gasteiger partial charge in [0.1, 0.15) is 11.5 Å². The van der Waals surface area contributed by atoms with Crippen LogP contribution in [-0.4, -0.2) is 11.9 Å². The molecule has 0 spiro atoms. The standard InChI is InChI=1S/C33H44O4/c1-4-6-8-10-12-14-20-30(34)36-32-26-18-16-17-19-27(26)33(29-24-25(3)22-23-28(29)32)37-31(35)21-15-13-11-9-7-5-2/h16-19,22-24H,4-15,20-21H2,1-3H3. The normalized spacial score (nSPS) is 11.2. The third-order valence-electron chi connectivity index (χ3n) is 6.98. The molecular formula is C33H44O4. The van der Waals surface area contributed by atoms with Gasteiger partial charge in [-0.05, 0) is 25.8 Å². The van der Waals surface area contributed by atoms with Crippen LogP contribution in [0, 0.1) is 6.92 Å². The minimum Gasteiger partial charge on any atom is -0.425 e. The third kappa shape index (κ3) is 8.59. The molecule has 3 aromatic carbocycles. The summed E-state index contributed by atoms with van der Waals surface area (Å²) < 4.78 is 12.0. The summed E-state index contributed by atoms with van der Waals surface area (Å²) in [6.07, 6.45) is 14.3. The molecule has 0 radical (unpaired) electrons. The van der Waals surface area contributed by atoms with Gasteiger partial charge in [0.25, 0.3) is 0 Å². The number of hydrogen-bond acceptors (Lipinski definition) is 4. The number of fused-ring (bicyclic) bond motifs is 2. The molecule has 0 bridgehead atoms. The number of carbonyl (C=O) groups excluding carboxylic acids is 2. The highest BCUT2D eigenvalue weighted by molar-refractivity contribution is 6.12. The van der Waals surface area contributed by atoms with Gasteiger partial charge in [-0.2, -0.15) is 0 Å². The quantitative estimate of drug-likeness (QED) is 0.0843. The first-order valence-corrected chi connectivity index (χ1v) is 14.4. The molecule has 200 valence electrons. The van der Waals surface area contributed by atoms with E-state index in [1.807, 2.05) is 49.4 Å². The fourth-order valence-corrected chi connectivity index (χ4v) is 4.86. The van der Waals surface area contributed by atoms with Crippen LogP contribution < -0.4 is 9.47 Å². The van der Waals surface area contributed by atoms with Crippen molar-refractivity contribution >= 4 is 33.5 Å². The summed E-state index contributed by atoms with van der Waals surface area (Å²) in [5.41, 5.74) is 1.06. The third-order valence-corrected chi connectivity index (χ3v) is 6.98. The first-order chi connectivity index (χ1) is 18.0. The van der Waals surface area contributed by atoms with Crippen LogP contribution in [0.2, 0.25) is 0 Å². The highest BCUT2D eigenvalue weighted by Crippen LogP contribution is 2.43. The number of aryl methyl sites for hydroxylation is 1. The van der Waals surface area contributed by atoms with E-state index in [1.54, 1.807) is 0 Å². The van der Waals surface area contributed by atoms with E-state index in [-0.39, 0.29) is 11.9 Å². The minimum absolute atomic E-state index is 0.212. The van der Waals surface area contributed by atoms with E-state index in [0.717, 1.165) is 65.6 Å². The Morgan fingerprint density at radius 1 is 0.568 bits per heavy atom. The van der Waals surface area contributed by atoms with Gasteiger partial charge in [-0.25, -0.2) is 0 Å². The molecule has 0 aromatic heterocycles. The Labute approximate surface area is 222 Å². The highest BCUT2D eigenvalue weighted by Gasteiger charge is 2.20. The fraction of sp³-hybridized carbons (Fsp3) is 0.515. The molecule has 0 amide bonds. The van der Waals surface area contributed by atoms with Crippen LogP contribution in [0.1, 0.15) is 109 Å². The lowest BCUT2D eigenvalue weighted by atomic mass is 9.99. The molecule has 0 unspecified atom stereocenters. The van der Waals surface area contributed by atoms with Crippen LogP contribution in [0.5, 0.6) is 11.5 Å². The molecular weight excluding hydrogens is 460 g/mol. The van der Waals surface area contributed by atoms with E-state index in [1.165, 1.54) is 38.5 Å². The number of ether oxygens (including phenoxy) is 2. The van der Waals surface area contributed by atoms with Crippen molar-refractivity contribution in [2.45, 2.75) is 111 Å². The molecule has 0 heterocycles. The zero-order valence-corrected chi connectivity index (χ0v) is 23.1. The number of benzene rings is 3. The van der Waals surface area contributed by atoms with Crippen molar-refractivity contribution in [3.63, 3.8) is 0 Å². The summed E-state index contributed by atoms with van der Waals surface area (Å²) in [5, 5.41) is 3.18. The first kappa shape index (κ1) is 28.7. The molecule has 3 rings (SSSR count). The van der Waals surface area contributed by atoms with Crippen molar-refractivity contribution in [3.8, 4) is 11.5 Å². The SMILES string of the molecule is CCCCCCCCC(=O)Oc1c2ccccc2c(OC(=O)CCCCCCCC)c2cc(C)ccc12. The molecule has 0 N–H and O–H groups in total. The molecule has 0 saturated carbocycles. The van der Waals surface area contributed by atoms with Crippen LogP contribution >= 0.6 is 0 Å². The van der Waals surface area contributed by atoms with E-state index in [9.17, 15) is 9.59 Å². The van der Waals surface area contributed by atoms with Crippen molar-refractivity contribution < 1.29 is 19.1 Å². The predicted molar refractivity (Wildman–Crippen MR) is 153 cm³/mol. The second-order valence-electron chi connectivity index (χ2n) is 10.2. The minimum atomic E-state index is -0.213. The van der Waals surface area contributed by atoms with E-state index in [2.05, 4.69) is 13.8 Å². The van der Waals surface area contributed by atoms with Crippen molar-refractivity contribution in [3.05, 3.63) is 48.0 Å². The average Bonchev–Trinajstić information content (AvgIpc) is 2.90. The lowest BCUT2D eigenvalue weighted by molar-refractivity contribution is -0.135. The second-order valence-corrected chi connectivity index (χ2v) is 10.2. The Hall–Kier alpha value is -2.88. The molecule has 0 fully saturated rings. The number of rotatable bonds is 16. The maximum Gasteiger partial charge on any atom is 0.311 e.